The summed E-state index contributed by atoms with van der Waals surface area (Å²) in [7, 11) is 1.43. The Hall–Kier alpha value is -1.23. The fourth-order valence-electron chi connectivity index (χ4n) is 1.60. The highest BCUT2D eigenvalue weighted by molar-refractivity contribution is 5.36. The van der Waals surface area contributed by atoms with E-state index < -0.39 is 18.5 Å². The number of ether oxygens (including phenoxy) is 1. The number of hydrogen-bond donors (Lipinski definition) is 1. The van der Waals surface area contributed by atoms with Gasteiger partial charge < -0.3 is 10.5 Å². The van der Waals surface area contributed by atoms with Gasteiger partial charge in [-0.1, -0.05) is 18.2 Å². The van der Waals surface area contributed by atoms with Crippen molar-refractivity contribution >= 4 is 0 Å². The van der Waals surface area contributed by atoms with Gasteiger partial charge >= 0.3 is 6.18 Å². The molecular weight excluding hydrogens is 219 g/mol. The number of nitrogens with two attached hydrogens (primary N) is 1. The van der Waals surface area contributed by atoms with Crippen LogP contribution in [0.15, 0.2) is 24.3 Å². The summed E-state index contributed by atoms with van der Waals surface area (Å²) in [6, 6.07) is 6.64. The fourth-order valence-corrected chi connectivity index (χ4v) is 1.60. The van der Waals surface area contributed by atoms with Crippen LogP contribution >= 0.6 is 0 Å². The fraction of sp³-hybridized carbons (Fsp3) is 0.455. The molecule has 1 rings (SSSR count). The molecular formula is C11H14F3NO. The van der Waals surface area contributed by atoms with E-state index in [9.17, 15) is 13.2 Å². The Morgan fingerprint density at radius 1 is 1.31 bits per heavy atom. The highest BCUT2D eigenvalue weighted by Crippen LogP contribution is 2.34. The van der Waals surface area contributed by atoms with Crippen LogP contribution in [0.2, 0.25) is 0 Å². The van der Waals surface area contributed by atoms with Crippen molar-refractivity contribution < 1.29 is 17.9 Å². The van der Waals surface area contributed by atoms with E-state index in [0.29, 0.717) is 11.3 Å². The molecule has 0 heterocycles. The third kappa shape index (κ3) is 3.41. The van der Waals surface area contributed by atoms with Crippen LogP contribution in [0.25, 0.3) is 0 Å². The number of para-hydroxylation sites is 1. The summed E-state index contributed by atoms with van der Waals surface area (Å²) in [6.07, 6.45) is -5.14. The first-order chi connectivity index (χ1) is 7.48. The number of rotatable bonds is 4. The monoisotopic (exact) mass is 233 g/mol. The lowest BCUT2D eigenvalue weighted by Gasteiger charge is -2.19. The van der Waals surface area contributed by atoms with Crippen molar-refractivity contribution in [1.29, 1.82) is 0 Å². The van der Waals surface area contributed by atoms with Gasteiger partial charge in [0.2, 0.25) is 0 Å². The molecule has 0 aliphatic rings. The van der Waals surface area contributed by atoms with Gasteiger partial charge in [-0.25, -0.2) is 0 Å². The molecule has 0 saturated heterocycles. The van der Waals surface area contributed by atoms with E-state index in [1.54, 1.807) is 24.3 Å². The average molecular weight is 233 g/mol. The Balaban J connectivity index is 2.94. The minimum Gasteiger partial charge on any atom is -0.496 e. The first kappa shape index (κ1) is 12.8. The molecule has 0 aromatic heterocycles. The zero-order valence-corrected chi connectivity index (χ0v) is 8.92. The maximum atomic E-state index is 12.3. The van der Waals surface area contributed by atoms with Crippen LogP contribution in [-0.2, 0) is 0 Å². The molecule has 0 amide bonds. The van der Waals surface area contributed by atoms with Crippen molar-refractivity contribution in [2.45, 2.75) is 18.5 Å². The number of benzene rings is 1. The lowest BCUT2D eigenvalue weighted by molar-refractivity contribution is -0.138. The molecule has 0 fully saturated rings. The second-order valence-corrected chi connectivity index (χ2v) is 3.49. The van der Waals surface area contributed by atoms with Crippen molar-refractivity contribution in [3.05, 3.63) is 29.8 Å². The van der Waals surface area contributed by atoms with Gasteiger partial charge in [0.15, 0.2) is 0 Å². The first-order valence-corrected chi connectivity index (χ1v) is 4.87. The van der Waals surface area contributed by atoms with Gasteiger partial charge in [0.25, 0.3) is 0 Å². The molecule has 5 heteroatoms. The van der Waals surface area contributed by atoms with Gasteiger partial charge in [-0.2, -0.15) is 13.2 Å². The molecule has 90 valence electrons. The first-order valence-electron chi connectivity index (χ1n) is 4.87. The molecule has 16 heavy (non-hydrogen) atoms. The zero-order chi connectivity index (χ0) is 12.2. The molecule has 1 aromatic rings. The Morgan fingerprint density at radius 3 is 2.44 bits per heavy atom. The predicted octanol–water partition coefficient (Wildman–Crippen LogP) is 2.69. The van der Waals surface area contributed by atoms with Gasteiger partial charge in [0, 0.05) is 5.92 Å². The van der Waals surface area contributed by atoms with Gasteiger partial charge in [0.1, 0.15) is 5.75 Å². The molecule has 0 spiro atoms. The third-order valence-electron chi connectivity index (χ3n) is 2.34. The van der Waals surface area contributed by atoms with Gasteiger partial charge in [-0.3, -0.25) is 0 Å². The summed E-state index contributed by atoms with van der Waals surface area (Å²) >= 11 is 0. The highest BCUT2D eigenvalue weighted by atomic mass is 19.4. The number of hydrogen-bond acceptors (Lipinski definition) is 2. The maximum absolute atomic E-state index is 12.3. The lowest BCUT2D eigenvalue weighted by Crippen LogP contribution is -2.21. The standard InChI is InChI=1S/C11H14F3NO/c1-16-10-5-3-2-4-9(10)8(7-15)6-11(12,13)14/h2-5,8H,6-7,15H2,1H3. The van der Waals surface area contributed by atoms with E-state index in [1.807, 2.05) is 0 Å². The van der Waals surface area contributed by atoms with Crippen molar-refractivity contribution in [3.8, 4) is 5.75 Å². The largest absolute Gasteiger partial charge is 0.496 e. The zero-order valence-electron chi connectivity index (χ0n) is 8.92. The highest BCUT2D eigenvalue weighted by Gasteiger charge is 2.32. The summed E-state index contributed by atoms with van der Waals surface area (Å²) in [5.74, 6) is -0.307. The predicted molar refractivity (Wildman–Crippen MR) is 55.5 cm³/mol. The molecule has 0 bridgehead atoms. The summed E-state index contributed by atoms with van der Waals surface area (Å²) < 4.78 is 42.0. The lowest BCUT2D eigenvalue weighted by atomic mass is 9.95. The summed E-state index contributed by atoms with van der Waals surface area (Å²) in [5, 5.41) is 0. The van der Waals surface area contributed by atoms with Gasteiger partial charge in [0.05, 0.1) is 13.5 Å². The molecule has 0 aliphatic heterocycles. The Kier molecular flexibility index (Phi) is 4.18. The summed E-state index contributed by atoms with van der Waals surface area (Å²) in [4.78, 5) is 0. The van der Waals surface area contributed by atoms with E-state index in [-0.39, 0.29) is 6.54 Å². The van der Waals surface area contributed by atoms with E-state index in [1.165, 1.54) is 7.11 Å². The maximum Gasteiger partial charge on any atom is 0.389 e. The normalized spacial score (nSPS) is 13.6. The van der Waals surface area contributed by atoms with Crippen molar-refractivity contribution in [1.82, 2.24) is 0 Å². The molecule has 2 nitrogen and oxygen atoms in total. The second kappa shape index (κ2) is 5.21. The third-order valence-corrected chi connectivity index (χ3v) is 2.34. The topological polar surface area (TPSA) is 35.2 Å². The Labute approximate surface area is 92.2 Å². The molecule has 2 N–H and O–H groups in total. The molecule has 0 aliphatic carbocycles. The Morgan fingerprint density at radius 2 is 1.94 bits per heavy atom. The SMILES string of the molecule is COc1ccccc1C(CN)CC(F)(F)F. The van der Waals surface area contributed by atoms with Crippen molar-refractivity contribution in [2.24, 2.45) is 5.73 Å². The van der Waals surface area contributed by atoms with E-state index in [0.717, 1.165) is 0 Å². The molecule has 1 unspecified atom stereocenters. The van der Waals surface area contributed by atoms with Gasteiger partial charge in [-0.15, -0.1) is 0 Å². The van der Waals surface area contributed by atoms with Gasteiger partial charge in [-0.05, 0) is 18.2 Å². The van der Waals surface area contributed by atoms with Crippen LogP contribution in [0.1, 0.15) is 17.9 Å². The number of halogens is 3. The molecule has 1 atom stereocenters. The minimum absolute atomic E-state index is 0.0557. The number of methoxy groups -OCH3 is 1. The molecule has 0 radical (unpaired) electrons. The van der Waals surface area contributed by atoms with Crippen molar-refractivity contribution in [3.63, 3.8) is 0 Å². The summed E-state index contributed by atoms with van der Waals surface area (Å²) in [5.41, 5.74) is 5.88. The van der Waals surface area contributed by atoms with Crippen LogP contribution in [-0.4, -0.2) is 19.8 Å². The Bertz CT molecular complexity index is 338. The minimum atomic E-state index is -4.22. The quantitative estimate of drug-likeness (QED) is 0.867. The van der Waals surface area contributed by atoms with Crippen LogP contribution < -0.4 is 10.5 Å². The smallest absolute Gasteiger partial charge is 0.389 e. The van der Waals surface area contributed by atoms with Crippen LogP contribution in [0, 0.1) is 0 Å². The van der Waals surface area contributed by atoms with E-state index >= 15 is 0 Å². The van der Waals surface area contributed by atoms with Crippen LogP contribution in [0.4, 0.5) is 13.2 Å². The number of alkyl halides is 3. The average Bonchev–Trinajstić information content (AvgIpc) is 2.24. The van der Waals surface area contributed by atoms with Crippen LogP contribution in [0.5, 0.6) is 5.75 Å². The summed E-state index contributed by atoms with van der Waals surface area (Å²) in [6.45, 7) is -0.0557. The molecule has 0 saturated carbocycles. The second-order valence-electron chi connectivity index (χ2n) is 3.49. The van der Waals surface area contributed by atoms with E-state index in [2.05, 4.69) is 0 Å². The van der Waals surface area contributed by atoms with Crippen molar-refractivity contribution in [2.75, 3.05) is 13.7 Å². The van der Waals surface area contributed by atoms with E-state index in [4.69, 9.17) is 10.5 Å². The van der Waals surface area contributed by atoms with Crippen LogP contribution in [0.3, 0.4) is 0 Å². The molecule has 1 aromatic carbocycles.